The van der Waals surface area contributed by atoms with E-state index in [0.717, 1.165) is 0 Å². The van der Waals surface area contributed by atoms with Gasteiger partial charge in [0.2, 0.25) is 0 Å². The van der Waals surface area contributed by atoms with Crippen molar-refractivity contribution < 1.29 is 61.3 Å². The molecule has 2 aliphatic carbocycles. The van der Waals surface area contributed by atoms with Crippen LogP contribution in [0.15, 0.2) is 44.2 Å². The molecule has 4 rings (SSSR count). The van der Waals surface area contributed by atoms with Crippen LogP contribution in [0, 0.1) is 0 Å². The molecule has 0 spiro atoms. The second kappa shape index (κ2) is 14.0. The Balaban J connectivity index is 2.57. The van der Waals surface area contributed by atoms with E-state index in [-0.39, 0.29) is 66.6 Å². The summed E-state index contributed by atoms with van der Waals surface area (Å²) in [5, 5.41) is 123. The molecule has 0 radical (unpaired) electrons. The molecule has 2 aromatic rings. The van der Waals surface area contributed by atoms with E-state index in [2.05, 4.69) is 20.0 Å². The lowest BCUT2D eigenvalue weighted by molar-refractivity contribution is 0.0667. The molecule has 0 aliphatic heterocycles. The Kier molecular flexibility index (Phi) is 10.7. The van der Waals surface area contributed by atoms with E-state index in [1.54, 1.807) is 0 Å². The molecule has 0 atom stereocenters. The number of rotatable bonds is 14. The first-order chi connectivity index (χ1) is 22.0. The fourth-order valence-corrected chi connectivity index (χ4v) is 5.19. The highest BCUT2D eigenvalue weighted by molar-refractivity contribution is 6.12. The number of phenols is 2. The summed E-state index contributed by atoms with van der Waals surface area (Å²) in [6.07, 6.45) is 0. The Bertz CT molecular complexity index is 1860. The topological polar surface area (TPSA) is 292 Å². The molecule has 0 unspecified atom stereocenters. The summed E-state index contributed by atoms with van der Waals surface area (Å²) in [5.41, 5.74) is -5.10. The second-order valence-corrected chi connectivity index (χ2v) is 11.3. The van der Waals surface area contributed by atoms with Crippen LogP contribution in [0.3, 0.4) is 0 Å². The first kappa shape index (κ1) is 35.2. The molecular weight excluding hydrogens is 608 g/mol. The van der Waals surface area contributed by atoms with E-state index < -0.39 is 82.7 Å². The Hall–Kier alpha value is -3.68. The van der Waals surface area contributed by atoms with Crippen molar-refractivity contribution in [2.45, 2.75) is 16.6 Å². The molecule has 12 N–H and O–H groups in total. The summed E-state index contributed by atoms with van der Waals surface area (Å²) in [5.74, 6) is -0.746. The minimum absolute atomic E-state index is 0.0258. The van der Waals surface area contributed by atoms with Crippen molar-refractivity contribution in [3.8, 4) is 22.6 Å². The standard InChI is InChI=1S/C30H38N4O12/c35-2-1-31-24-18-3-16(45)5-20-22(18)23-19(25(24)32-28(7-36,8-37)9-38)4-17(46)6-21(23)27(34-30(13-42,14-43)15-44)26(20)33-29(10-39,11-40)12-41/h3-6,35-46H,1-2,7-15H2. The lowest BCUT2D eigenvalue weighted by Crippen LogP contribution is -2.47. The molecule has 46 heavy (non-hydrogen) atoms. The second-order valence-electron chi connectivity index (χ2n) is 11.3. The van der Waals surface area contributed by atoms with Crippen LogP contribution < -0.4 is 21.4 Å². The first-order valence-corrected chi connectivity index (χ1v) is 14.2. The minimum atomic E-state index is -1.93. The van der Waals surface area contributed by atoms with Gasteiger partial charge in [-0.25, -0.2) is 0 Å². The molecule has 0 saturated heterocycles. The van der Waals surface area contributed by atoms with Crippen molar-refractivity contribution in [3.63, 3.8) is 0 Å². The molecule has 0 aromatic heterocycles. The Morgan fingerprint density at radius 3 is 0.935 bits per heavy atom. The van der Waals surface area contributed by atoms with E-state index >= 15 is 0 Å². The van der Waals surface area contributed by atoms with Gasteiger partial charge in [0.15, 0.2) is 0 Å². The van der Waals surface area contributed by atoms with Crippen LogP contribution in [0.1, 0.15) is 0 Å². The Labute approximate surface area is 260 Å². The average molecular weight is 647 g/mol. The molecule has 250 valence electrons. The molecule has 0 amide bonds. The van der Waals surface area contributed by atoms with Gasteiger partial charge in [-0.1, -0.05) is 0 Å². The number of phenolic OH excluding ortho intramolecular Hbond substituents is 2. The van der Waals surface area contributed by atoms with Crippen LogP contribution in [0.25, 0.3) is 32.7 Å². The maximum absolute atomic E-state index is 11.0. The monoisotopic (exact) mass is 646 g/mol. The van der Waals surface area contributed by atoms with E-state index in [1.165, 1.54) is 24.3 Å². The molecule has 2 aromatic carbocycles. The van der Waals surface area contributed by atoms with Crippen molar-refractivity contribution in [2.24, 2.45) is 20.0 Å². The summed E-state index contributed by atoms with van der Waals surface area (Å²) >= 11 is 0. The van der Waals surface area contributed by atoms with Gasteiger partial charge >= 0.3 is 0 Å². The van der Waals surface area contributed by atoms with Gasteiger partial charge in [0.25, 0.3) is 0 Å². The maximum atomic E-state index is 11.0. The lowest BCUT2D eigenvalue weighted by Gasteiger charge is -2.27. The largest absolute Gasteiger partial charge is 0.508 e. The number of nitrogens with zero attached hydrogens (tertiary/aromatic N) is 4. The normalized spacial score (nSPS) is 15.1. The van der Waals surface area contributed by atoms with Crippen LogP contribution >= 0.6 is 0 Å². The number of benzene rings is 4. The van der Waals surface area contributed by atoms with Crippen LogP contribution in [-0.4, -0.2) is 151 Å². The van der Waals surface area contributed by atoms with Gasteiger partial charge in [0.1, 0.15) is 28.1 Å². The third-order valence-corrected chi connectivity index (χ3v) is 8.03. The number of hydrogen-bond donors (Lipinski definition) is 12. The molecule has 0 fully saturated rings. The molecule has 0 bridgehead atoms. The fraction of sp³-hybridized carbons (Fsp3) is 0.467. The van der Waals surface area contributed by atoms with Gasteiger partial charge in [0.05, 0.1) is 94.0 Å². The molecule has 16 nitrogen and oxygen atoms in total. The predicted octanol–water partition coefficient (Wildman–Crippen LogP) is -5.44. The predicted molar refractivity (Wildman–Crippen MR) is 161 cm³/mol. The Morgan fingerprint density at radius 1 is 0.413 bits per heavy atom. The molecule has 0 heterocycles. The first-order valence-electron chi connectivity index (χ1n) is 14.2. The summed E-state index contributed by atoms with van der Waals surface area (Å²) in [6, 6.07) is 5.14. The number of aliphatic hydroxyl groups is 10. The zero-order valence-corrected chi connectivity index (χ0v) is 24.7. The van der Waals surface area contributed by atoms with E-state index in [0.29, 0.717) is 5.56 Å². The summed E-state index contributed by atoms with van der Waals surface area (Å²) < 4.78 is 0. The zero-order valence-electron chi connectivity index (χ0n) is 24.7. The Morgan fingerprint density at radius 2 is 0.674 bits per heavy atom. The maximum Gasteiger partial charge on any atom is 0.130 e. The van der Waals surface area contributed by atoms with Crippen molar-refractivity contribution in [1.29, 1.82) is 0 Å². The van der Waals surface area contributed by atoms with E-state index in [9.17, 15) is 61.3 Å². The fourth-order valence-electron chi connectivity index (χ4n) is 5.19. The SMILES string of the molecule is OCCN=c1c(=NC(CO)(CO)CO)c2cc(O)cc3c2-c2c1cc(O)cc2c(=NC(CO)(CO)CO)c3=NC(CO)(CO)CO. The zero-order chi connectivity index (χ0) is 33.9. The van der Waals surface area contributed by atoms with Crippen molar-refractivity contribution in [1.82, 2.24) is 0 Å². The average Bonchev–Trinajstić information content (AvgIpc) is 3.08. The van der Waals surface area contributed by atoms with E-state index in [1.807, 2.05) is 0 Å². The van der Waals surface area contributed by atoms with Gasteiger partial charge in [-0.3, -0.25) is 20.0 Å². The third-order valence-electron chi connectivity index (χ3n) is 8.03. The number of aromatic hydroxyl groups is 2. The van der Waals surface area contributed by atoms with Gasteiger partial charge in [-0.05, 0) is 24.3 Å². The summed E-state index contributed by atoms with van der Waals surface area (Å²) in [6.45, 7) is -8.17. The van der Waals surface area contributed by atoms with Crippen LogP contribution in [0.4, 0.5) is 0 Å². The third kappa shape index (κ3) is 5.95. The van der Waals surface area contributed by atoms with Crippen molar-refractivity contribution >= 4 is 21.5 Å². The molecule has 2 aliphatic rings. The van der Waals surface area contributed by atoms with Crippen molar-refractivity contribution in [3.05, 3.63) is 45.7 Å². The van der Waals surface area contributed by atoms with Crippen LogP contribution in [0.2, 0.25) is 0 Å². The smallest absolute Gasteiger partial charge is 0.130 e. The number of hydrogen-bond acceptors (Lipinski definition) is 16. The van der Waals surface area contributed by atoms with Crippen molar-refractivity contribution in [2.75, 3.05) is 72.6 Å². The van der Waals surface area contributed by atoms with Crippen LogP contribution in [0.5, 0.6) is 11.5 Å². The molecular formula is C30H38N4O12. The highest BCUT2D eigenvalue weighted by Gasteiger charge is 2.33. The quantitative estimate of drug-likeness (QED) is 0.0572. The molecule has 0 saturated carbocycles. The highest BCUT2D eigenvalue weighted by atomic mass is 16.3. The summed E-state index contributed by atoms with van der Waals surface area (Å²) in [4.78, 5) is 17.9. The lowest BCUT2D eigenvalue weighted by atomic mass is 9.85. The van der Waals surface area contributed by atoms with Gasteiger partial charge < -0.3 is 61.3 Å². The van der Waals surface area contributed by atoms with Gasteiger partial charge in [-0.15, -0.1) is 0 Å². The highest BCUT2D eigenvalue weighted by Crippen LogP contribution is 2.38. The van der Waals surface area contributed by atoms with Crippen LogP contribution in [-0.2, 0) is 0 Å². The summed E-state index contributed by atoms with van der Waals surface area (Å²) in [7, 11) is 0. The molecule has 16 heteroatoms. The minimum Gasteiger partial charge on any atom is -0.508 e. The number of aliphatic hydroxyl groups excluding tert-OH is 10. The van der Waals surface area contributed by atoms with E-state index in [4.69, 9.17) is 0 Å². The van der Waals surface area contributed by atoms with Gasteiger partial charge in [-0.2, -0.15) is 0 Å². The van der Waals surface area contributed by atoms with Gasteiger partial charge in [0, 0.05) is 32.7 Å².